The van der Waals surface area contributed by atoms with Crippen LogP contribution in [0.2, 0.25) is 0 Å². The van der Waals surface area contributed by atoms with E-state index in [0.717, 1.165) is 11.1 Å². The molecule has 2 aromatic rings. The number of esters is 1. The highest BCUT2D eigenvalue weighted by Gasteiger charge is 2.43. The van der Waals surface area contributed by atoms with E-state index in [4.69, 9.17) is 4.74 Å². The highest BCUT2D eigenvalue weighted by atomic mass is 16.6. The fourth-order valence-corrected chi connectivity index (χ4v) is 3.46. The lowest BCUT2D eigenvalue weighted by atomic mass is 9.77. The summed E-state index contributed by atoms with van der Waals surface area (Å²) in [5.41, 5.74) is 1.12. The molecule has 2 atom stereocenters. The van der Waals surface area contributed by atoms with Crippen LogP contribution >= 0.6 is 0 Å². The number of nitrogens with zero attached hydrogens (tertiary/aromatic N) is 1. The van der Waals surface area contributed by atoms with E-state index in [1.165, 1.54) is 0 Å². The summed E-state index contributed by atoms with van der Waals surface area (Å²) < 4.78 is 5.66. The summed E-state index contributed by atoms with van der Waals surface area (Å²) in [6.45, 7) is 4.13. The molecular formula is C22H29NO3. The summed E-state index contributed by atoms with van der Waals surface area (Å²) >= 11 is 0. The molecule has 0 saturated carbocycles. The van der Waals surface area contributed by atoms with E-state index < -0.39 is 10.2 Å². The molecule has 0 spiro atoms. The van der Waals surface area contributed by atoms with Gasteiger partial charge in [0.15, 0.2) is 0 Å². The minimum absolute atomic E-state index is 0.159. The third-order valence-corrected chi connectivity index (χ3v) is 4.67. The van der Waals surface area contributed by atoms with Crippen LogP contribution < -0.4 is 0 Å². The molecule has 140 valence electrons. The van der Waals surface area contributed by atoms with Crippen molar-refractivity contribution in [1.82, 2.24) is 0 Å². The molecule has 0 aliphatic rings. The number of carbonyl (C=O) groups excluding carboxylic acids is 1. The molecule has 0 heterocycles. The lowest BCUT2D eigenvalue weighted by Crippen LogP contribution is -2.48. The zero-order chi connectivity index (χ0) is 19.2. The Kier molecular flexibility index (Phi) is 6.57. The molecule has 0 N–H and O–H groups in total. The van der Waals surface area contributed by atoms with Crippen molar-refractivity contribution in [2.75, 3.05) is 20.6 Å². The topological polar surface area (TPSA) is 49.4 Å². The highest BCUT2D eigenvalue weighted by molar-refractivity contribution is 5.69. The number of hydroxylamine groups is 3. The number of rotatable bonds is 8. The summed E-state index contributed by atoms with van der Waals surface area (Å²) in [6.07, 6.45) is 0.830. The molecular weight excluding hydrogens is 326 g/mol. The van der Waals surface area contributed by atoms with Gasteiger partial charge in [-0.2, -0.15) is 0 Å². The van der Waals surface area contributed by atoms with Gasteiger partial charge in [-0.15, -0.1) is 0 Å². The van der Waals surface area contributed by atoms with E-state index in [1.54, 1.807) is 21.0 Å². The molecule has 0 aliphatic heterocycles. The van der Waals surface area contributed by atoms with Crippen molar-refractivity contribution < 1.29 is 14.2 Å². The van der Waals surface area contributed by atoms with E-state index >= 15 is 0 Å². The molecule has 0 saturated heterocycles. The van der Waals surface area contributed by atoms with Crippen molar-refractivity contribution in [3.63, 3.8) is 0 Å². The number of ether oxygens (including phenoxy) is 1. The van der Waals surface area contributed by atoms with E-state index in [9.17, 15) is 10.0 Å². The van der Waals surface area contributed by atoms with Gasteiger partial charge in [-0.3, -0.25) is 4.79 Å². The first kappa shape index (κ1) is 20.1. The Morgan fingerprint density at radius 3 is 2.12 bits per heavy atom. The summed E-state index contributed by atoms with van der Waals surface area (Å²) in [4.78, 5) is 12.4. The third-order valence-electron chi connectivity index (χ3n) is 4.67. The average molecular weight is 355 g/mol. The molecule has 0 amide bonds. The molecule has 0 aliphatic carbocycles. The Morgan fingerprint density at radius 1 is 1.08 bits per heavy atom. The Labute approximate surface area is 156 Å². The fourth-order valence-electron chi connectivity index (χ4n) is 3.46. The second-order valence-corrected chi connectivity index (χ2v) is 7.40. The van der Waals surface area contributed by atoms with Crippen LogP contribution in [-0.2, 0) is 21.6 Å². The minimum atomic E-state index is -0.879. The number of hydrogen-bond donors (Lipinski definition) is 0. The Balaban J connectivity index is 2.55. The van der Waals surface area contributed by atoms with Gasteiger partial charge in [0.2, 0.25) is 0 Å². The van der Waals surface area contributed by atoms with Gasteiger partial charge in [0.1, 0.15) is 5.60 Å². The zero-order valence-electron chi connectivity index (χ0n) is 16.1. The van der Waals surface area contributed by atoms with Gasteiger partial charge in [-0.25, -0.2) is 0 Å². The van der Waals surface area contributed by atoms with Gasteiger partial charge in [-0.05, 0) is 11.1 Å². The summed E-state index contributed by atoms with van der Waals surface area (Å²) in [6, 6.07) is 19.8. The monoisotopic (exact) mass is 355 g/mol. The standard InChI is InChI=1S/C22H29NO3/c1-5-21(24)26-22(18(2)17-23(3,4)25,20-14-10-7-11-15-20)16-19-12-8-6-9-13-19/h6-15,18H,5,16-17H2,1-4H3/t18-,22+/m0/s1. The van der Waals surface area contributed by atoms with Crippen LogP contribution in [0.5, 0.6) is 0 Å². The van der Waals surface area contributed by atoms with Gasteiger partial charge in [-0.1, -0.05) is 74.5 Å². The molecule has 0 radical (unpaired) electrons. The number of carbonyl (C=O) groups is 1. The van der Waals surface area contributed by atoms with Gasteiger partial charge in [0, 0.05) is 12.8 Å². The first-order valence-electron chi connectivity index (χ1n) is 9.12. The van der Waals surface area contributed by atoms with Crippen molar-refractivity contribution >= 4 is 5.97 Å². The SMILES string of the molecule is CCC(=O)O[C@@](Cc1ccccc1)(c1ccccc1)[C@@H](C)C[N+](C)(C)[O-]. The smallest absolute Gasteiger partial charge is 0.306 e. The maximum atomic E-state index is 12.4. The van der Waals surface area contributed by atoms with Crippen LogP contribution in [0, 0.1) is 11.1 Å². The van der Waals surface area contributed by atoms with Crippen molar-refractivity contribution in [3.8, 4) is 0 Å². The van der Waals surface area contributed by atoms with Crippen LogP contribution in [-0.4, -0.2) is 31.3 Å². The normalized spacial score (nSPS) is 15.1. The molecule has 26 heavy (non-hydrogen) atoms. The number of benzene rings is 2. The molecule has 2 rings (SSSR count). The van der Waals surface area contributed by atoms with Crippen LogP contribution in [0.25, 0.3) is 0 Å². The maximum absolute atomic E-state index is 12.4. The summed E-state index contributed by atoms with van der Waals surface area (Å²) in [5.74, 6) is -0.416. The Bertz CT molecular complexity index is 694. The summed E-state index contributed by atoms with van der Waals surface area (Å²) in [7, 11) is 3.24. The van der Waals surface area contributed by atoms with E-state index in [2.05, 4.69) is 0 Å². The largest absolute Gasteiger partial charge is 0.633 e. The first-order chi connectivity index (χ1) is 12.3. The molecule has 0 aromatic heterocycles. The maximum Gasteiger partial charge on any atom is 0.306 e. The minimum Gasteiger partial charge on any atom is -0.633 e. The second kappa shape index (κ2) is 8.47. The van der Waals surface area contributed by atoms with Gasteiger partial charge in [0.05, 0.1) is 26.6 Å². The summed E-state index contributed by atoms with van der Waals surface area (Å²) in [5, 5.41) is 12.4. The molecule has 0 fully saturated rings. The molecule has 2 aromatic carbocycles. The van der Waals surface area contributed by atoms with Crippen molar-refractivity contribution in [1.29, 1.82) is 0 Å². The molecule has 4 heteroatoms. The van der Waals surface area contributed by atoms with Crippen LogP contribution in [0.3, 0.4) is 0 Å². The van der Waals surface area contributed by atoms with Crippen molar-refractivity contribution in [3.05, 3.63) is 77.0 Å². The Morgan fingerprint density at radius 2 is 1.62 bits per heavy atom. The Hall–Kier alpha value is -2.17. The van der Waals surface area contributed by atoms with Crippen LogP contribution in [0.1, 0.15) is 31.4 Å². The second-order valence-electron chi connectivity index (χ2n) is 7.40. The van der Waals surface area contributed by atoms with Crippen LogP contribution in [0.4, 0.5) is 0 Å². The van der Waals surface area contributed by atoms with Crippen molar-refractivity contribution in [2.45, 2.75) is 32.3 Å². The van der Waals surface area contributed by atoms with Crippen LogP contribution in [0.15, 0.2) is 60.7 Å². The van der Waals surface area contributed by atoms with Gasteiger partial charge < -0.3 is 14.6 Å². The van der Waals surface area contributed by atoms with Crippen molar-refractivity contribution in [2.24, 2.45) is 5.92 Å². The zero-order valence-corrected chi connectivity index (χ0v) is 16.1. The molecule has 0 bridgehead atoms. The quantitative estimate of drug-likeness (QED) is 0.403. The first-order valence-corrected chi connectivity index (χ1v) is 9.12. The molecule has 0 unspecified atom stereocenters. The van der Waals surface area contributed by atoms with E-state index in [1.807, 2.05) is 67.6 Å². The lowest BCUT2D eigenvalue weighted by Gasteiger charge is -2.44. The predicted octanol–water partition coefficient (Wildman–Crippen LogP) is 4.29. The fraction of sp³-hybridized carbons (Fsp3) is 0.409. The van der Waals surface area contributed by atoms with E-state index in [0.29, 0.717) is 19.4 Å². The highest BCUT2D eigenvalue weighted by Crippen LogP contribution is 2.39. The van der Waals surface area contributed by atoms with Gasteiger partial charge >= 0.3 is 5.97 Å². The van der Waals surface area contributed by atoms with E-state index in [-0.39, 0.29) is 11.9 Å². The third kappa shape index (κ3) is 5.16. The molecule has 4 nitrogen and oxygen atoms in total. The average Bonchev–Trinajstić information content (AvgIpc) is 2.61. The lowest BCUT2D eigenvalue weighted by molar-refractivity contribution is -0.844. The predicted molar refractivity (Wildman–Crippen MR) is 104 cm³/mol. The number of hydrogen-bond acceptors (Lipinski definition) is 3. The van der Waals surface area contributed by atoms with Gasteiger partial charge in [0.25, 0.3) is 0 Å². The number of quaternary nitrogens is 1.